The summed E-state index contributed by atoms with van der Waals surface area (Å²) in [5.74, 6) is 1.29. The van der Waals surface area contributed by atoms with Crippen molar-refractivity contribution >= 4 is 11.9 Å². The summed E-state index contributed by atoms with van der Waals surface area (Å²) in [6.45, 7) is 1.36. The normalized spacial score (nSPS) is 14.4. The molecule has 3 rings (SSSR count). The first-order valence-electron chi connectivity index (χ1n) is 6.80. The molecule has 2 aromatic rings. The molecule has 1 amide bonds. The van der Waals surface area contributed by atoms with E-state index in [-0.39, 0.29) is 18.6 Å². The minimum atomic E-state index is -0.00844. The lowest BCUT2D eigenvalue weighted by molar-refractivity contribution is -0.137. The van der Waals surface area contributed by atoms with E-state index in [0.717, 1.165) is 0 Å². The van der Waals surface area contributed by atoms with Gasteiger partial charge in [0.15, 0.2) is 6.61 Å². The molecule has 6 nitrogen and oxygen atoms in total. The minimum Gasteiger partial charge on any atom is -0.484 e. The first-order valence-corrected chi connectivity index (χ1v) is 6.80. The number of nitrogens with zero attached hydrogens (tertiary/aromatic N) is 3. The maximum Gasteiger partial charge on any atom is 0.260 e. The van der Waals surface area contributed by atoms with E-state index in [4.69, 9.17) is 4.74 Å². The van der Waals surface area contributed by atoms with Gasteiger partial charge in [0, 0.05) is 25.5 Å². The van der Waals surface area contributed by atoms with Crippen LogP contribution in [0.1, 0.15) is 0 Å². The maximum absolute atomic E-state index is 11.9. The van der Waals surface area contributed by atoms with E-state index in [9.17, 15) is 4.79 Å². The molecule has 1 fully saturated rings. The number of hydrogen-bond acceptors (Lipinski definition) is 5. The summed E-state index contributed by atoms with van der Waals surface area (Å²) >= 11 is 0. The molecule has 1 aliphatic heterocycles. The average molecular weight is 284 g/mol. The van der Waals surface area contributed by atoms with Crippen molar-refractivity contribution in [1.29, 1.82) is 0 Å². The number of carbonyl (C=O) groups is 1. The molecule has 0 aliphatic carbocycles. The topological polar surface area (TPSA) is 67.3 Å². The second kappa shape index (κ2) is 6.21. The number of amides is 1. The molecule has 0 atom stereocenters. The van der Waals surface area contributed by atoms with E-state index in [1.807, 2.05) is 30.3 Å². The Kier molecular flexibility index (Phi) is 3.95. The SMILES string of the molecule is O=C(COc1ccccc1)N1CC(Nc2ncccn2)C1. The van der Waals surface area contributed by atoms with Crippen molar-refractivity contribution in [3.05, 3.63) is 48.8 Å². The zero-order chi connectivity index (χ0) is 14.5. The summed E-state index contributed by atoms with van der Waals surface area (Å²) in [7, 11) is 0. The third-order valence-electron chi connectivity index (χ3n) is 3.24. The number of hydrogen-bond donors (Lipinski definition) is 1. The lowest BCUT2D eigenvalue weighted by Crippen LogP contribution is -2.58. The fraction of sp³-hybridized carbons (Fsp3) is 0.267. The number of para-hydroxylation sites is 1. The fourth-order valence-corrected chi connectivity index (χ4v) is 2.08. The van der Waals surface area contributed by atoms with Gasteiger partial charge in [-0.3, -0.25) is 4.79 Å². The average Bonchev–Trinajstić information content (AvgIpc) is 2.50. The van der Waals surface area contributed by atoms with Crippen molar-refractivity contribution in [2.45, 2.75) is 6.04 Å². The molecule has 0 bridgehead atoms. The van der Waals surface area contributed by atoms with Gasteiger partial charge in [-0.15, -0.1) is 0 Å². The molecule has 0 spiro atoms. The molecule has 2 heterocycles. The van der Waals surface area contributed by atoms with E-state index < -0.39 is 0 Å². The third-order valence-corrected chi connectivity index (χ3v) is 3.24. The van der Waals surface area contributed by atoms with Crippen LogP contribution in [0.25, 0.3) is 0 Å². The van der Waals surface area contributed by atoms with Gasteiger partial charge in [0.05, 0.1) is 6.04 Å². The predicted molar refractivity (Wildman–Crippen MR) is 78.0 cm³/mol. The van der Waals surface area contributed by atoms with Gasteiger partial charge >= 0.3 is 0 Å². The largest absolute Gasteiger partial charge is 0.484 e. The van der Waals surface area contributed by atoms with Crippen LogP contribution < -0.4 is 10.1 Å². The Labute approximate surface area is 122 Å². The Morgan fingerprint density at radius 1 is 1.19 bits per heavy atom. The number of likely N-dealkylation sites (tertiary alicyclic amines) is 1. The summed E-state index contributed by atoms with van der Waals surface area (Å²) in [4.78, 5) is 21.9. The molecular formula is C15H16N4O2. The zero-order valence-corrected chi connectivity index (χ0v) is 11.5. The highest BCUT2D eigenvalue weighted by molar-refractivity contribution is 5.79. The van der Waals surface area contributed by atoms with Crippen molar-refractivity contribution in [2.75, 3.05) is 25.0 Å². The lowest BCUT2D eigenvalue weighted by atomic mass is 10.1. The van der Waals surface area contributed by atoms with Crippen molar-refractivity contribution in [2.24, 2.45) is 0 Å². The van der Waals surface area contributed by atoms with Crippen LogP contribution in [0.5, 0.6) is 5.75 Å². The van der Waals surface area contributed by atoms with Crippen LogP contribution in [0.15, 0.2) is 48.8 Å². The van der Waals surface area contributed by atoms with Crippen LogP contribution in [-0.4, -0.2) is 46.5 Å². The predicted octanol–water partition coefficient (Wildman–Crippen LogP) is 1.18. The van der Waals surface area contributed by atoms with Gasteiger partial charge in [-0.05, 0) is 18.2 Å². The van der Waals surface area contributed by atoms with Gasteiger partial charge in [-0.1, -0.05) is 18.2 Å². The number of benzene rings is 1. The highest BCUT2D eigenvalue weighted by Crippen LogP contribution is 2.13. The molecule has 1 aromatic carbocycles. The van der Waals surface area contributed by atoms with Gasteiger partial charge in [0.1, 0.15) is 5.75 Å². The van der Waals surface area contributed by atoms with Gasteiger partial charge in [0.2, 0.25) is 5.95 Å². The lowest BCUT2D eigenvalue weighted by Gasteiger charge is -2.39. The number of carbonyl (C=O) groups excluding carboxylic acids is 1. The minimum absolute atomic E-state index is 0.00844. The van der Waals surface area contributed by atoms with Crippen LogP contribution in [0.4, 0.5) is 5.95 Å². The van der Waals surface area contributed by atoms with Crippen molar-refractivity contribution in [3.63, 3.8) is 0 Å². The monoisotopic (exact) mass is 284 g/mol. The second-order valence-corrected chi connectivity index (χ2v) is 4.81. The van der Waals surface area contributed by atoms with Crippen molar-refractivity contribution in [1.82, 2.24) is 14.9 Å². The Balaban J connectivity index is 1.40. The van der Waals surface area contributed by atoms with Crippen LogP contribution >= 0.6 is 0 Å². The molecular weight excluding hydrogens is 268 g/mol. The second-order valence-electron chi connectivity index (χ2n) is 4.81. The van der Waals surface area contributed by atoms with Gasteiger partial charge < -0.3 is 15.0 Å². The van der Waals surface area contributed by atoms with Crippen LogP contribution in [-0.2, 0) is 4.79 Å². The molecule has 21 heavy (non-hydrogen) atoms. The Morgan fingerprint density at radius 2 is 1.90 bits per heavy atom. The van der Waals surface area contributed by atoms with Crippen LogP contribution in [0, 0.1) is 0 Å². The Hall–Kier alpha value is -2.63. The van der Waals surface area contributed by atoms with E-state index >= 15 is 0 Å². The number of nitrogens with one attached hydrogen (secondary N) is 1. The number of ether oxygens (including phenoxy) is 1. The molecule has 6 heteroatoms. The first kappa shape index (κ1) is 13.4. The van der Waals surface area contributed by atoms with E-state index in [1.165, 1.54) is 0 Å². The summed E-state index contributed by atoms with van der Waals surface area (Å²) in [5, 5.41) is 3.18. The molecule has 0 unspecified atom stereocenters. The zero-order valence-electron chi connectivity index (χ0n) is 11.5. The van der Waals surface area contributed by atoms with E-state index in [0.29, 0.717) is 24.8 Å². The highest BCUT2D eigenvalue weighted by atomic mass is 16.5. The van der Waals surface area contributed by atoms with E-state index in [1.54, 1.807) is 23.4 Å². The summed E-state index contributed by atoms with van der Waals surface area (Å²) in [6.07, 6.45) is 3.37. The molecule has 1 aromatic heterocycles. The molecule has 1 aliphatic rings. The summed E-state index contributed by atoms with van der Waals surface area (Å²) in [5.41, 5.74) is 0. The third kappa shape index (κ3) is 3.47. The molecule has 1 N–H and O–H groups in total. The van der Waals surface area contributed by atoms with Gasteiger partial charge in [-0.25, -0.2) is 9.97 Å². The Morgan fingerprint density at radius 3 is 2.62 bits per heavy atom. The Bertz CT molecular complexity index is 585. The van der Waals surface area contributed by atoms with Crippen molar-refractivity contribution in [3.8, 4) is 5.75 Å². The van der Waals surface area contributed by atoms with Gasteiger partial charge in [0.25, 0.3) is 5.91 Å². The van der Waals surface area contributed by atoms with E-state index in [2.05, 4.69) is 15.3 Å². The summed E-state index contributed by atoms with van der Waals surface area (Å²) < 4.78 is 5.44. The van der Waals surface area contributed by atoms with Gasteiger partial charge in [-0.2, -0.15) is 0 Å². The quantitative estimate of drug-likeness (QED) is 0.893. The highest BCUT2D eigenvalue weighted by Gasteiger charge is 2.31. The molecule has 108 valence electrons. The number of aromatic nitrogens is 2. The molecule has 1 saturated heterocycles. The smallest absolute Gasteiger partial charge is 0.260 e. The fourth-order valence-electron chi connectivity index (χ4n) is 2.08. The molecule has 0 saturated carbocycles. The standard InChI is InChI=1S/C15H16N4O2/c20-14(11-21-13-5-2-1-3-6-13)19-9-12(10-19)18-15-16-7-4-8-17-15/h1-8,12H,9-11H2,(H,16,17,18). The number of rotatable bonds is 5. The maximum atomic E-state index is 11.9. The molecule has 0 radical (unpaired) electrons. The number of anilines is 1. The summed E-state index contributed by atoms with van der Waals surface area (Å²) in [6, 6.07) is 11.3. The van der Waals surface area contributed by atoms with Crippen molar-refractivity contribution < 1.29 is 9.53 Å². The van der Waals surface area contributed by atoms with Crippen LogP contribution in [0.2, 0.25) is 0 Å². The van der Waals surface area contributed by atoms with Crippen LogP contribution in [0.3, 0.4) is 0 Å². The first-order chi connectivity index (χ1) is 10.3.